The Labute approximate surface area is 106 Å². The molecule has 2 heterocycles. The third kappa shape index (κ3) is 2.41. The first-order valence-corrected chi connectivity index (χ1v) is 6.39. The first-order chi connectivity index (χ1) is 8.81. The maximum atomic E-state index is 11.4. The van der Waals surface area contributed by atoms with Crippen LogP contribution in [0.4, 0.5) is 0 Å². The number of Topliss-reactive ketones (excluding diaryl/α,β-unsaturated/α-hetero) is 1. The van der Waals surface area contributed by atoms with Crippen LogP contribution in [0.5, 0.6) is 0 Å². The predicted molar refractivity (Wildman–Crippen MR) is 71.3 cm³/mol. The fraction of sp³-hybridized carbons (Fsp3) is 0.333. The van der Waals surface area contributed by atoms with Gasteiger partial charge in [-0.1, -0.05) is 12.1 Å². The molecule has 0 saturated carbocycles. The maximum Gasteiger partial charge on any atom is 0.146 e. The van der Waals surface area contributed by atoms with E-state index >= 15 is 0 Å². The summed E-state index contributed by atoms with van der Waals surface area (Å²) in [5.74, 6) is 0.365. The molecule has 0 aliphatic carbocycles. The van der Waals surface area contributed by atoms with E-state index in [1.165, 1.54) is 10.9 Å². The van der Waals surface area contributed by atoms with Crippen LogP contribution in [-0.2, 0) is 11.3 Å². The summed E-state index contributed by atoms with van der Waals surface area (Å²) in [5, 5.41) is 1.17. The summed E-state index contributed by atoms with van der Waals surface area (Å²) in [6.45, 7) is 2.48. The average Bonchev–Trinajstić information content (AvgIpc) is 2.39. The molecule has 0 unspecified atom stereocenters. The number of likely N-dealkylation sites (tertiary alicyclic amines) is 1. The zero-order valence-corrected chi connectivity index (χ0v) is 10.3. The van der Waals surface area contributed by atoms with Crippen LogP contribution < -0.4 is 0 Å². The summed E-state index contributed by atoms with van der Waals surface area (Å²) < 4.78 is 0. The molecule has 1 aromatic heterocycles. The fourth-order valence-corrected chi connectivity index (χ4v) is 2.52. The number of benzene rings is 1. The van der Waals surface area contributed by atoms with Gasteiger partial charge in [-0.2, -0.15) is 0 Å². The quantitative estimate of drug-likeness (QED) is 0.808. The standard InChI is InChI=1S/C15H16N2O/c18-14-4-2-8-17(11-14)10-12-5-6-15-13(9-12)3-1-7-16-15/h1,3,5-7,9H,2,4,8,10-11H2. The SMILES string of the molecule is O=C1CCCN(Cc2ccc3ncccc3c2)C1. The first kappa shape index (κ1) is 11.4. The lowest BCUT2D eigenvalue weighted by molar-refractivity contribution is -0.122. The van der Waals surface area contributed by atoms with Crippen molar-refractivity contribution < 1.29 is 4.79 Å². The first-order valence-electron chi connectivity index (χ1n) is 6.39. The van der Waals surface area contributed by atoms with Crippen molar-refractivity contribution in [3.8, 4) is 0 Å². The molecule has 1 aliphatic rings. The van der Waals surface area contributed by atoms with Crippen molar-refractivity contribution in [3.63, 3.8) is 0 Å². The van der Waals surface area contributed by atoms with Crippen molar-refractivity contribution in [1.82, 2.24) is 9.88 Å². The van der Waals surface area contributed by atoms with E-state index in [-0.39, 0.29) is 0 Å². The molecular formula is C15H16N2O. The van der Waals surface area contributed by atoms with Crippen molar-refractivity contribution in [1.29, 1.82) is 0 Å². The van der Waals surface area contributed by atoms with E-state index in [9.17, 15) is 4.79 Å². The summed E-state index contributed by atoms with van der Waals surface area (Å²) in [5.41, 5.74) is 2.28. The Bertz CT molecular complexity index is 579. The van der Waals surface area contributed by atoms with E-state index in [1.807, 2.05) is 12.3 Å². The van der Waals surface area contributed by atoms with Crippen LogP contribution in [0.1, 0.15) is 18.4 Å². The molecule has 3 rings (SSSR count). The molecule has 1 aromatic carbocycles. The van der Waals surface area contributed by atoms with Crippen molar-refractivity contribution in [2.24, 2.45) is 0 Å². The number of ketones is 1. The van der Waals surface area contributed by atoms with E-state index in [4.69, 9.17) is 0 Å². The van der Waals surface area contributed by atoms with E-state index in [1.54, 1.807) is 0 Å². The van der Waals surface area contributed by atoms with Gasteiger partial charge in [-0.05, 0) is 36.7 Å². The summed E-state index contributed by atoms with van der Waals surface area (Å²) in [6.07, 6.45) is 3.55. The largest absolute Gasteiger partial charge is 0.298 e. The molecule has 92 valence electrons. The Kier molecular flexibility index (Phi) is 3.07. The number of rotatable bonds is 2. The van der Waals surface area contributed by atoms with Gasteiger partial charge in [-0.3, -0.25) is 14.7 Å². The molecule has 0 spiro atoms. The van der Waals surface area contributed by atoms with Gasteiger partial charge in [0.2, 0.25) is 0 Å². The molecule has 3 nitrogen and oxygen atoms in total. The Morgan fingerprint density at radius 1 is 1.28 bits per heavy atom. The normalized spacial score (nSPS) is 17.2. The second-order valence-electron chi connectivity index (χ2n) is 4.88. The lowest BCUT2D eigenvalue weighted by atomic mass is 10.1. The van der Waals surface area contributed by atoms with Crippen molar-refractivity contribution in [3.05, 3.63) is 42.1 Å². The number of pyridine rings is 1. The molecule has 2 aromatic rings. The van der Waals surface area contributed by atoms with Crippen LogP contribution in [0.25, 0.3) is 10.9 Å². The molecular weight excluding hydrogens is 224 g/mol. The number of hydrogen-bond acceptors (Lipinski definition) is 3. The van der Waals surface area contributed by atoms with Crippen molar-refractivity contribution >= 4 is 16.7 Å². The number of nitrogens with zero attached hydrogens (tertiary/aromatic N) is 2. The lowest BCUT2D eigenvalue weighted by Gasteiger charge is -2.25. The molecule has 1 aliphatic heterocycles. The molecule has 0 radical (unpaired) electrons. The number of fused-ring (bicyclic) bond motifs is 1. The highest BCUT2D eigenvalue weighted by Gasteiger charge is 2.16. The van der Waals surface area contributed by atoms with Gasteiger partial charge in [0.25, 0.3) is 0 Å². The second kappa shape index (κ2) is 4.86. The summed E-state index contributed by atoms with van der Waals surface area (Å²) >= 11 is 0. The van der Waals surface area contributed by atoms with Gasteiger partial charge < -0.3 is 0 Å². The number of aromatic nitrogens is 1. The van der Waals surface area contributed by atoms with E-state index in [0.717, 1.165) is 31.4 Å². The molecule has 0 bridgehead atoms. The van der Waals surface area contributed by atoms with E-state index in [2.05, 4.69) is 34.1 Å². The number of carbonyl (C=O) groups excluding carboxylic acids is 1. The zero-order chi connectivity index (χ0) is 12.4. The van der Waals surface area contributed by atoms with Gasteiger partial charge in [0, 0.05) is 24.5 Å². The van der Waals surface area contributed by atoms with Crippen LogP contribution in [0, 0.1) is 0 Å². The summed E-state index contributed by atoms with van der Waals surface area (Å²) in [4.78, 5) is 18.0. The average molecular weight is 240 g/mol. The predicted octanol–water partition coefficient (Wildman–Crippen LogP) is 2.40. The number of hydrogen-bond donors (Lipinski definition) is 0. The molecule has 1 fully saturated rings. The van der Waals surface area contributed by atoms with Crippen LogP contribution in [0.2, 0.25) is 0 Å². The van der Waals surface area contributed by atoms with E-state index in [0.29, 0.717) is 12.3 Å². The number of carbonyl (C=O) groups is 1. The molecule has 0 amide bonds. The molecule has 3 heteroatoms. The molecule has 18 heavy (non-hydrogen) atoms. The van der Waals surface area contributed by atoms with E-state index < -0.39 is 0 Å². The van der Waals surface area contributed by atoms with Gasteiger partial charge in [0.05, 0.1) is 12.1 Å². The van der Waals surface area contributed by atoms with Gasteiger partial charge in [-0.15, -0.1) is 0 Å². The van der Waals surface area contributed by atoms with Gasteiger partial charge in [-0.25, -0.2) is 0 Å². The minimum Gasteiger partial charge on any atom is -0.298 e. The maximum absolute atomic E-state index is 11.4. The highest BCUT2D eigenvalue weighted by molar-refractivity contribution is 5.81. The Morgan fingerprint density at radius 2 is 2.22 bits per heavy atom. The third-order valence-corrected chi connectivity index (χ3v) is 3.40. The lowest BCUT2D eigenvalue weighted by Crippen LogP contribution is -2.34. The van der Waals surface area contributed by atoms with Crippen LogP contribution in [0.3, 0.4) is 0 Å². The van der Waals surface area contributed by atoms with Gasteiger partial charge in [0.1, 0.15) is 5.78 Å². The smallest absolute Gasteiger partial charge is 0.146 e. The van der Waals surface area contributed by atoms with Crippen molar-refractivity contribution in [2.45, 2.75) is 19.4 Å². The zero-order valence-electron chi connectivity index (χ0n) is 10.3. The molecule has 0 N–H and O–H groups in total. The monoisotopic (exact) mass is 240 g/mol. The highest BCUT2D eigenvalue weighted by Crippen LogP contribution is 2.16. The van der Waals surface area contributed by atoms with Gasteiger partial charge >= 0.3 is 0 Å². The number of piperidine rings is 1. The highest BCUT2D eigenvalue weighted by atomic mass is 16.1. The molecule has 0 atom stereocenters. The summed E-state index contributed by atoms with van der Waals surface area (Å²) in [6, 6.07) is 10.4. The van der Waals surface area contributed by atoms with Crippen LogP contribution in [0.15, 0.2) is 36.5 Å². The Hall–Kier alpha value is -1.74. The minimum absolute atomic E-state index is 0.365. The van der Waals surface area contributed by atoms with Gasteiger partial charge in [0.15, 0.2) is 0 Å². The topological polar surface area (TPSA) is 33.2 Å². The second-order valence-corrected chi connectivity index (χ2v) is 4.88. The third-order valence-electron chi connectivity index (χ3n) is 3.40. The minimum atomic E-state index is 0.365. The van der Waals surface area contributed by atoms with Crippen LogP contribution in [-0.4, -0.2) is 28.8 Å². The van der Waals surface area contributed by atoms with Crippen molar-refractivity contribution in [2.75, 3.05) is 13.1 Å². The Balaban J connectivity index is 1.79. The van der Waals surface area contributed by atoms with Crippen LogP contribution >= 0.6 is 0 Å². The fourth-order valence-electron chi connectivity index (χ4n) is 2.52. The Morgan fingerprint density at radius 3 is 3.11 bits per heavy atom. The summed E-state index contributed by atoms with van der Waals surface area (Å²) in [7, 11) is 0. The molecule has 1 saturated heterocycles.